The van der Waals surface area contributed by atoms with Gasteiger partial charge in [-0.15, -0.1) is 0 Å². The van der Waals surface area contributed by atoms with Crippen molar-refractivity contribution in [3.8, 4) is 5.75 Å². The largest absolute Gasteiger partial charge is 0.465 e. The Kier molecular flexibility index (Phi) is 6.31. The minimum atomic E-state index is -1.81. The van der Waals surface area contributed by atoms with Crippen molar-refractivity contribution in [3.63, 3.8) is 0 Å². The zero-order valence-corrected chi connectivity index (χ0v) is 16.4. The number of ether oxygens (including phenoxy) is 1. The summed E-state index contributed by atoms with van der Waals surface area (Å²) in [6.07, 6.45) is 2.60. The van der Waals surface area contributed by atoms with Gasteiger partial charge in [-0.3, -0.25) is 9.42 Å². The van der Waals surface area contributed by atoms with Crippen molar-refractivity contribution in [2.75, 3.05) is 13.7 Å². The van der Waals surface area contributed by atoms with Gasteiger partial charge in [-0.25, -0.2) is 9.59 Å². The Hall–Kier alpha value is -2.15. The van der Waals surface area contributed by atoms with Gasteiger partial charge in [0.05, 0.1) is 12.7 Å². The zero-order chi connectivity index (χ0) is 19.4. The van der Waals surface area contributed by atoms with Crippen LogP contribution >= 0.6 is 8.60 Å². The van der Waals surface area contributed by atoms with E-state index < -0.39 is 14.6 Å². The van der Waals surface area contributed by atoms with Crippen LogP contribution in [0, 0.1) is 0 Å². The van der Waals surface area contributed by atoms with E-state index in [0.717, 1.165) is 12.0 Å². The number of allylic oxidation sites excluding steroid dienone is 1. The van der Waals surface area contributed by atoms with Crippen molar-refractivity contribution >= 4 is 20.6 Å². The molecular formula is C18H23N2O6P. The highest BCUT2D eigenvalue weighted by atomic mass is 31.2. The number of para-hydroxylation sites is 1. The SMILES string of the molecule is CNC(=O)N(C=C(C)C)C1CCC(COP2OC(=O)c3ccccc3O2)O1. The van der Waals surface area contributed by atoms with Crippen LogP contribution in [-0.2, 0) is 13.8 Å². The van der Waals surface area contributed by atoms with E-state index in [9.17, 15) is 9.59 Å². The minimum absolute atomic E-state index is 0.213. The summed E-state index contributed by atoms with van der Waals surface area (Å²) in [5, 5.41) is 2.62. The molecule has 0 saturated carbocycles. The molecule has 0 spiro atoms. The lowest BCUT2D eigenvalue weighted by Gasteiger charge is -2.26. The third kappa shape index (κ3) is 4.77. The number of nitrogens with one attached hydrogen (secondary N) is 1. The Morgan fingerprint density at radius 1 is 1.33 bits per heavy atom. The van der Waals surface area contributed by atoms with E-state index in [0.29, 0.717) is 17.7 Å². The van der Waals surface area contributed by atoms with Crippen LogP contribution in [0.25, 0.3) is 0 Å². The maximum Gasteiger partial charge on any atom is 0.465 e. The second-order valence-corrected chi connectivity index (χ2v) is 7.52. The number of rotatable bonds is 5. The van der Waals surface area contributed by atoms with Gasteiger partial charge in [0.25, 0.3) is 0 Å². The quantitative estimate of drug-likeness (QED) is 0.769. The van der Waals surface area contributed by atoms with Gasteiger partial charge in [0, 0.05) is 13.2 Å². The molecule has 1 aromatic carbocycles. The number of nitrogens with zero attached hydrogens (tertiary/aromatic N) is 1. The topological polar surface area (TPSA) is 86.3 Å². The number of hydrogen-bond acceptors (Lipinski definition) is 6. The fourth-order valence-corrected chi connectivity index (χ4v) is 3.81. The Bertz CT molecular complexity index is 736. The second-order valence-electron chi connectivity index (χ2n) is 6.44. The Morgan fingerprint density at radius 2 is 2.11 bits per heavy atom. The molecule has 1 fully saturated rings. The van der Waals surface area contributed by atoms with Crippen LogP contribution in [0.2, 0.25) is 0 Å². The van der Waals surface area contributed by atoms with Gasteiger partial charge in [-0.1, -0.05) is 17.7 Å². The molecule has 1 aromatic rings. The summed E-state index contributed by atoms with van der Waals surface area (Å²) < 4.78 is 22.4. The average Bonchev–Trinajstić information content (AvgIpc) is 3.12. The number of carbonyl (C=O) groups excluding carboxylic acids is 2. The molecule has 9 heteroatoms. The van der Waals surface area contributed by atoms with E-state index >= 15 is 0 Å². The molecule has 1 saturated heterocycles. The summed E-state index contributed by atoms with van der Waals surface area (Å²) in [7, 11) is -0.225. The van der Waals surface area contributed by atoms with Gasteiger partial charge in [0.15, 0.2) is 0 Å². The molecule has 0 aliphatic carbocycles. The molecule has 8 nitrogen and oxygen atoms in total. The monoisotopic (exact) mass is 394 g/mol. The smallest absolute Gasteiger partial charge is 0.417 e. The minimum Gasteiger partial charge on any atom is -0.417 e. The molecule has 3 atom stereocenters. The molecule has 3 rings (SSSR count). The molecule has 0 bridgehead atoms. The first-order chi connectivity index (χ1) is 13.0. The third-order valence-electron chi connectivity index (χ3n) is 4.04. The average molecular weight is 394 g/mol. The lowest BCUT2D eigenvalue weighted by Crippen LogP contribution is -2.42. The number of fused-ring (bicyclic) bond motifs is 1. The molecule has 2 amide bonds. The summed E-state index contributed by atoms with van der Waals surface area (Å²) in [6, 6.07) is 6.65. The second kappa shape index (κ2) is 8.69. The van der Waals surface area contributed by atoms with Gasteiger partial charge in [0.1, 0.15) is 17.5 Å². The fourth-order valence-electron chi connectivity index (χ4n) is 2.82. The number of urea groups is 1. The molecule has 3 unspecified atom stereocenters. The maximum atomic E-state index is 12.1. The van der Waals surface area contributed by atoms with E-state index in [2.05, 4.69) is 5.32 Å². The third-order valence-corrected chi connectivity index (χ3v) is 5.06. The van der Waals surface area contributed by atoms with Crippen molar-refractivity contribution in [1.29, 1.82) is 0 Å². The lowest BCUT2D eigenvalue weighted by molar-refractivity contribution is -0.0338. The van der Waals surface area contributed by atoms with Gasteiger partial charge >= 0.3 is 20.6 Å². The first-order valence-corrected chi connectivity index (χ1v) is 9.80. The van der Waals surface area contributed by atoms with Crippen molar-refractivity contribution in [2.24, 2.45) is 0 Å². The molecule has 0 radical (unpaired) electrons. The molecule has 2 heterocycles. The lowest BCUT2D eigenvalue weighted by atomic mass is 10.2. The van der Waals surface area contributed by atoms with Crippen LogP contribution in [0.15, 0.2) is 36.0 Å². The normalized spacial score (nSPS) is 23.7. The van der Waals surface area contributed by atoms with E-state index in [1.807, 2.05) is 13.8 Å². The molecule has 27 heavy (non-hydrogen) atoms. The first kappa shape index (κ1) is 19.6. The van der Waals surface area contributed by atoms with Crippen molar-refractivity contribution in [2.45, 2.75) is 39.0 Å². The summed E-state index contributed by atoms with van der Waals surface area (Å²) in [5.41, 5.74) is 1.38. The summed E-state index contributed by atoms with van der Waals surface area (Å²) in [4.78, 5) is 25.6. The molecule has 2 aliphatic heterocycles. The van der Waals surface area contributed by atoms with Crippen molar-refractivity contribution < 1.29 is 27.9 Å². The molecule has 1 N–H and O–H groups in total. The standard InChI is InChI=1S/C18H23N2O6P/c1-12(2)10-20(18(22)19-3)16-9-8-13(24-16)11-23-27-25-15-7-5-4-6-14(15)17(21)26-27/h4-7,10,13,16H,8-9,11H2,1-3H3,(H,19,22). The highest BCUT2D eigenvalue weighted by Gasteiger charge is 2.35. The molecular weight excluding hydrogens is 371 g/mol. The predicted molar refractivity (Wildman–Crippen MR) is 99.0 cm³/mol. The van der Waals surface area contributed by atoms with E-state index in [-0.39, 0.29) is 25.0 Å². The number of benzene rings is 1. The first-order valence-electron chi connectivity index (χ1n) is 8.71. The number of hydrogen-bond donors (Lipinski definition) is 1. The van der Waals surface area contributed by atoms with Crippen LogP contribution < -0.4 is 9.84 Å². The maximum absolute atomic E-state index is 12.1. The van der Waals surface area contributed by atoms with Gasteiger partial charge < -0.3 is 19.1 Å². The van der Waals surface area contributed by atoms with Gasteiger partial charge in [0.2, 0.25) is 0 Å². The molecule has 0 aromatic heterocycles. The van der Waals surface area contributed by atoms with Crippen LogP contribution in [0.3, 0.4) is 0 Å². The molecule has 2 aliphatic rings. The Labute approximate surface area is 159 Å². The van der Waals surface area contributed by atoms with Gasteiger partial charge in [-0.2, -0.15) is 0 Å². The highest BCUT2D eigenvalue weighted by molar-refractivity contribution is 7.43. The number of amides is 2. The molecule has 146 valence electrons. The van der Waals surface area contributed by atoms with E-state index in [1.165, 1.54) is 0 Å². The zero-order valence-electron chi connectivity index (χ0n) is 15.5. The Balaban J connectivity index is 1.54. The van der Waals surface area contributed by atoms with Crippen LogP contribution in [0.4, 0.5) is 4.79 Å². The Morgan fingerprint density at radius 3 is 2.85 bits per heavy atom. The number of carbonyl (C=O) groups is 2. The van der Waals surface area contributed by atoms with Crippen molar-refractivity contribution in [1.82, 2.24) is 10.2 Å². The summed E-state index contributed by atoms with van der Waals surface area (Å²) in [5.74, 6) is 0.00181. The van der Waals surface area contributed by atoms with Crippen LogP contribution in [-0.4, -0.2) is 42.9 Å². The van der Waals surface area contributed by atoms with E-state index in [4.69, 9.17) is 18.3 Å². The highest BCUT2D eigenvalue weighted by Crippen LogP contribution is 2.47. The summed E-state index contributed by atoms with van der Waals surface area (Å²) >= 11 is 0. The fraction of sp³-hybridized carbons (Fsp3) is 0.444. The van der Waals surface area contributed by atoms with Gasteiger partial charge in [-0.05, 0) is 38.8 Å². The van der Waals surface area contributed by atoms with Crippen molar-refractivity contribution in [3.05, 3.63) is 41.6 Å². The van der Waals surface area contributed by atoms with Crippen LogP contribution in [0.1, 0.15) is 37.0 Å². The van der Waals surface area contributed by atoms with Crippen LogP contribution in [0.5, 0.6) is 5.75 Å². The predicted octanol–water partition coefficient (Wildman–Crippen LogP) is 3.55. The van der Waals surface area contributed by atoms with E-state index in [1.54, 1.807) is 42.4 Å². The summed E-state index contributed by atoms with van der Waals surface area (Å²) in [6.45, 7) is 4.05.